The Morgan fingerprint density at radius 1 is 1.11 bits per heavy atom. The van der Waals surface area contributed by atoms with E-state index in [2.05, 4.69) is 77.2 Å². The van der Waals surface area contributed by atoms with Crippen molar-refractivity contribution in [2.45, 2.75) is 32.7 Å². The smallest absolute Gasteiger partial charge is 0.314 e. The van der Waals surface area contributed by atoms with Gasteiger partial charge < -0.3 is 16.0 Å². The standard InChI is InChI=1S/C23H29N3O/c1-3-16-25-23(27)26-18-10-6-4-5-9-17-24-19(2)21-15-11-13-20-12-7-8-14-22(20)21/h5,7-9,11-15,19,24H,3,10,16-18H2,1-2H3,(H2,25,26,27)/t19-/m1/s1. The Morgan fingerprint density at radius 3 is 2.74 bits per heavy atom. The Kier molecular flexibility index (Phi) is 8.95. The van der Waals surface area contributed by atoms with Crippen LogP contribution in [0, 0.1) is 11.8 Å². The summed E-state index contributed by atoms with van der Waals surface area (Å²) in [6.07, 6.45) is 5.46. The molecular formula is C23H29N3O. The summed E-state index contributed by atoms with van der Waals surface area (Å²) >= 11 is 0. The third-order valence-electron chi connectivity index (χ3n) is 4.21. The van der Waals surface area contributed by atoms with E-state index in [-0.39, 0.29) is 12.1 Å². The van der Waals surface area contributed by atoms with E-state index < -0.39 is 0 Å². The molecule has 0 spiro atoms. The molecule has 0 radical (unpaired) electrons. The van der Waals surface area contributed by atoms with Crippen molar-refractivity contribution in [3.8, 4) is 11.8 Å². The number of carbonyl (C=O) groups excluding carboxylic acids is 1. The maximum atomic E-state index is 11.3. The zero-order valence-corrected chi connectivity index (χ0v) is 16.2. The monoisotopic (exact) mass is 363 g/mol. The number of nitrogens with one attached hydrogen (secondary N) is 3. The summed E-state index contributed by atoms with van der Waals surface area (Å²) in [7, 11) is 0. The van der Waals surface area contributed by atoms with E-state index in [1.165, 1.54) is 16.3 Å². The summed E-state index contributed by atoms with van der Waals surface area (Å²) in [5, 5.41) is 11.6. The lowest BCUT2D eigenvalue weighted by molar-refractivity contribution is 0.241. The average molecular weight is 364 g/mol. The maximum Gasteiger partial charge on any atom is 0.314 e. The lowest BCUT2D eigenvalue weighted by Gasteiger charge is -2.15. The van der Waals surface area contributed by atoms with Crippen molar-refractivity contribution in [3.63, 3.8) is 0 Å². The number of carbonyl (C=O) groups is 1. The van der Waals surface area contributed by atoms with Crippen molar-refractivity contribution in [2.24, 2.45) is 0 Å². The highest BCUT2D eigenvalue weighted by Gasteiger charge is 2.07. The fourth-order valence-electron chi connectivity index (χ4n) is 2.77. The highest BCUT2D eigenvalue weighted by molar-refractivity contribution is 5.86. The molecule has 2 aromatic rings. The Morgan fingerprint density at radius 2 is 1.89 bits per heavy atom. The molecule has 4 nitrogen and oxygen atoms in total. The molecule has 142 valence electrons. The van der Waals surface area contributed by atoms with E-state index in [9.17, 15) is 4.79 Å². The van der Waals surface area contributed by atoms with Crippen LogP contribution >= 0.6 is 0 Å². The Balaban J connectivity index is 1.69. The minimum absolute atomic E-state index is 0.124. The molecule has 0 fully saturated rings. The molecule has 0 aliphatic heterocycles. The first-order chi connectivity index (χ1) is 13.2. The zero-order valence-electron chi connectivity index (χ0n) is 16.2. The minimum Gasteiger partial charge on any atom is -0.338 e. The number of benzene rings is 2. The number of hydrogen-bond donors (Lipinski definition) is 3. The van der Waals surface area contributed by atoms with Gasteiger partial charge in [0.05, 0.1) is 0 Å². The van der Waals surface area contributed by atoms with Crippen LogP contribution in [0.1, 0.15) is 38.3 Å². The molecule has 0 saturated heterocycles. The fraction of sp³-hybridized carbons (Fsp3) is 0.348. The average Bonchev–Trinajstić information content (AvgIpc) is 2.70. The van der Waals surface area contributed by atoms with Crippen LogP contribution in [-0.2, 0) is 0 Å². The second kappa shape index (κ2) is 11.8. The Labute approximate surface area is 162 Å². The normalized spacial score (nSPS) is 11.8. The number of urea groups is 1. The van der Waals surface area contributed by atoms with Crippen molar-refractivity contribution in [2.75, 3.05) is 19.6 Å². The lowest BCUT2D eigenvalue weighted by Crippen LogP contribution is -2.36. The van der Waals surface area contributed by atoms with E-state index in [1.807, 2.05) is 19.1 Å². The lowest BCUT2D eigenvalue weighted by atomic mass is 10.00. The SMILES string of the molecule is CCCNC(=O)NCCC#CC=CCN[C@H](C)c1cccc2ccccc12. The molecule has 0 bridgehead atoms. The molecule has 0 unspecified atom stereocenters. The van der Waals surface area contributed by atoms with Crippen molar-refractivity contribution in [1.82, 2.24) is 16.0 Å². The molecule has 2 amide bonds. The third-order valence-corrected chi connectivity index (χ3v) is 4.21. The first kappa shape index (κ1) is 20.5. The van der Waals surface area contributed by atoms with Gasteiger partial charge in [-0.05, 0) is 35.8 Å². The molecule has 3 N–H and O–H groups in total. The second-order valence-corrected chi connectivity index (χ2v) is 6.35. The van der Waals surface area contributed by atoms with Crippen LogP contribution in [0.2, 0.25) is 0 Å². The predicted octanol–water partition coefficient (Wildman–Crippen LogP) is 4.15. The molecular weight excluding hydrogens is 334 g/mol. The summed E-state index contributed by atoms with van der Waals surface area (Å²) in [4.78, 5) is 11.3. The first-order valence-electron chi connectivity index (χ1n) is 9.58. The van der Waals surface area contributed by atoms with Crippen LogP contribution in [0.15, 0.2) is 54.6 Å². The largest absolute Gasteiger partial charge is 0.338 e. The van der Waals surface area contributed by atoms with Crippen molar-refractivity contribution in [1.29, 1.82) is 0 Å². The summed E-state index contributed by atoms with van der Waals surface area (Å²) in [6.45, 7) is 6.22. The number of hydrogen-bond acceptors (Lipinski definition) is 2. The van der Waals surface area contributed by atoms with Gasteiger partial charge in [-0.1, -0.05) is 67.3 Å². The van der Waals surface area contributed by atoms with Gasteiger partial charge in [0.25, 0.3) is 0 Å². The van der Waals surface area contributed by atoms with Crippen LogP contribution in [-0.4, -0.2) is 25.7 Å². The number of rotatable bonds is 8. The summed E-state index contributed by atoms with van der Waals surface area (Å²) in [5.74, 6) is 6.04. The molecule has 0 heterocycles. The van der Waals surface area contributed by atoms with Gasteiger partial charge in [-0.15, -0.1) is 0 Å². The van der Waals surface area contributed by atoms with Crippen molar-refractivity contribution < 1.29 is 4.79 Å². The van der Waals surface area contributed by atoms with Crippen LogP contribution in [0.25, 0.3) is 10.8 Å². The molecule has 2 aromatic carbocycles. The highest BCUT2D eigenvalue weighted by Crippen LogP contribution is 2.23. The van der Waals surface area contributed by atoms with Crippen LogP contribution in [0.3, 0.4) is 0 Å². The molecule has 27 heavy (non-hydrogen) atoms. The zero-order chi connectivity index (χ0) is 19.3. The van der Waals surface area contributed by atoms with Gasteiger partial charge in [-0.25, -0.2) is 4.79 Å². The topological polar surface area (TPSA) is 53.2 Å². The molecule has 1 atom stereocenters. The van der Waals surface area contributed by atoms with Crippen LogP contribution in [0.4, 0.5) is 4.79 Å². The van der Waals surface area contributed by atoms with Gasteiger partial charge in [0.2, 0.25) is 0 Å². The van der Waals surface area contributed by atoms with Gasteiger partial charge in [-0.3, -0.25) is 0 Å². The van der Waals surface area contributed by atoms with E-state index >= 15 is 0 Å². The summed E-state index contributed by atoms with van der Waals surface area (Å²) < 4.78 is 0. The Bertz CT molecular complexity index is 812. The fourth-order valence-corrected chi connectivity index (χ4v) is 2.77. The summed E-state index contributed by atoms with van der Waals surface area (Å²) in [5.41, 5.74) is 1.31. The molecule has 0 aliphatic rings. The van der Waals surface area contributed by atoms with Gasteiger partial charge in [0, 0.05) is 32.1 Å². The van der Waals surface area contributed by atoms with Crippen LogP contribution in [0.5, 0.6) is 0 Å². The molecule has 0 aromatic heterocycles. The quantitative estimate of drug-likeness (QED) is 0.487. The number of allylic oxidation sites excluding steroid dienone is 1. The third kappa shape index (κ3) is 7.16. The molecule has 2 rings (SSSR count). The molecule has 4 heteroatoms. The van der Waals surface area contributed by atoms with Gasteiger partial charge in [0.15, 0.2) is 0 Å². The van der Waals surface area contributed by atoms with Gasteiger partial charge in [-0.2, -0.15) is 0 Å². The Hall–Kier alpha value is -2.77. The van der Waals surface area contributed by atoms with Gasteiger partial charge in [0.1, 0.15) is 0 Å². The van der Waals surface area contributed by atoms with Crippen molar-refractivity contribution >= 4 is 16.8 Å². The predicted molar refractivity (Wildman–Crippen MR) is 114 cm³/mol. The first-order valence-corrected chi connectivity index (χ1v) is 9.58. The number of fused-ring (bicyclic) bond motifs is 1. The molecule has 0 aliphatic carbocycles. The number of amides is 2. The minimum atomic E-state index is -0.124. The van der Waals surface area contributed by atoms with E-state index in [0.29, 0.717) is 19.5 Å². The van der Waals surface area contributed by atoms with Crippen LogP contribution < -0.4 is 16.0 Å². The molecule has 0 saturated carbocycles. The van der Waals surface area contributed by atoms with E-state index in [1.54, 1.807) is 0 Å². The summed E-state index contributed by atoms with van der Waals surface area (Å²) in [6, 6.07) is 15.0. The van der Waals surface area contributed by atoms with E-state index in [4.69, 9.17) is 0 Å². The second-order valence-electron chi connectivity index (χ2n) is 6.35. The maximum absolute atomic E-state index is 11.3. The van der Waals surface area contributed by atoms with Gasteiger partial charge >= 0.3 is 6.03 Å². The van der Waals surface area contributed by atoms with E-state index in [0.717, 1.165) is 13.0 Å². The van der Waals surface area contributed by atoms with Crippen molar-refractivity contribution in [3.05, 3.63) is 60.2 Å². The highest BCUT2D eigenvalue weighted by atomic mass is 16.2.